The predicted octanol–water partition coefficient (Wildman–Crippen LogP) is 4.23. The highest BCUT2D eigenvalue weighted by Crippen LogP contribution is 2.45. The summed E-state index contributed by atoms with van der Waals surface area (Å²) >= 11 is 14.1. The topological polar surface area (TPSA) is 66.8 Å². The molecule has 2 atom stereocenters. The molecule has 5 nitrogen and oxygen atoms in total. The van der Waals surface area contributed by atoms with Gasteiger partial charge >= 0.3 is 0 Å². The first kappa shape index (κ1) is 20.7. The molecule has 9 heteroatoms. The fourth-order valence-corrected chi connectivity index (χ4v) is 8.10. The number of aliphatic imine (C=N–C) groups is 1. The van der Waals surface area contributed by atoms with Gasteiger partial charge in [0.15, 0.2) is 15.0 Å². The lowest BCUT2D eigenvalue weighted by Gasteiger charge is -2.26. The minimum Gasteiger partial charge on any atom is -0.313 e. The molecule has 0 N–H and O–H groups in total. The van der Waals surface area contributed by atoms with Crippen LogP contribution in [0.5, 0.6) is 0 Å². The third-order valence-corrected chi connectivity index (χ3v) is 8.76. The van der Waals surface area contributed by atoms with Crippen LogP contribution in [0.2, 0.25) is 10.0 Å². The summed E-state index contributed by atoms with van der Waals surface area (Å²) in [6, 6.07) is 14.5. The van der Waals surface area contributed by atoms with Gasteiger partial charge < -0.3 is 4.90 Å². The first-order chi connectivity index (χ1) is 13.8. The van der Waals surface area contributed by atoms with Crippen LogP contribution >= 0.6 is 35.0 Å². The zero-order valence-electron chi connectivity index (χ0n) is 15.3. The van der Waals surface area contributed by atoms with E-state index in [0.29, 0.717) is 27.3 Å². The van der Waals surface area contributed by atoms with Crippen LogP contribution in [-0.2, 0) is 21.1 Å². The van der Waals surface area contributed by atoms with E-state index in [9.17, 15) is 13.2 Å². The maximum absolute atomic E-state index is 12.6. The lowest BCUT2D eigenvalue weighted by atomic mass is 10.1. The predicted molar refractivity (Wildman–Crippen MR) is 120 cm³/mol. The van der Waals surface area contributed by atoms with E-state index in [2.05, 4.69) is 4.99 Å². The molecule has 29 heavy (non-hydrogen) atoms. The average Bonchev–Trinajstić information content (AvgIpc) is 3.13. The Bertz CT molecular complexity index is 1050. The summed E-state index contributed by atoms with van der Waals surface area (Å²) in [6.45, 7) is 0. The van der Waals surface area contributed by atoms with Crippen molar-refractivity contribution in [1.29, 1.82) is 0 Å². The summed E-state index contributed by atoms with van der Waals surface area (Å²) in [5.74, 6) is -0.214. The highest BCUT2D eigenvalue weighted by atomic mass is 35.5. The average molecular weight is 469 g/mol. The Morgan fingerprint density at radius 2 is 1.76 bits per heavy atom. The SMILES string of the molecule is O=C(CCc1ccccc1)N=C1S[C@@H]2CS(=O)(=O)C[C@H]2N1c1c(Cl)cccc1Cl. The second-order valence-corrected chi connectivity index (χ2v) is 11.2. The van der Waals surface area contributed by atoms with Crippen LogP contribution in [0.3, 0.4) is 0 Å². The first-order valence-electron chi connectivity index (χ1n) is 9.10. The number of rotatable bonds is 4. The largest absolute Gasteiger partial charge is 0.313 e. The van der Waals surface area contributed by atoms with E-state index >= 15 is 0 Å². The lowest BCUT2D eigenvalue weighted by Crippen LogP contribution is -2.38. The summed E-state index contributed by atoms with van der Waals surface area (Å²) in [4.78, 5) is 18.6. The molecule has 2 heterocycles. The number of para-hydroxylation sites is 1. The Labute approximate surface area is 184 Å². The van der Waals surface area contributed by atoms with Crippen molar-refractivity contribution in [1.82, 2.24) is 0 Å². The molecule has 152 valence electrons. The van der Waals surface area contributed by atoms with Gasteiger partial charge in [0.25, 0.3) is 0 Å². The van der Waals surface area contributed by atoms with Crippen molar-refractivity contribution in [2.45, 2.75) is 24.1 Å². The van der Waals surface area contributed by atoms with Crippen molar-refractivity contribution in [3.8, 4) is 0 Å². The number of amidine groups is 1. The van der Waals surface area contributed by atoms with Gasteiger partial charge in [-0.3, -0.25) is 4.79 Å². The number of hydrogen-bond donors (Lipinski definition) is 0. The van der Waals surface area contributed by atoms with E-state index in [-0.39, 0.29) is 35.1 Å². The van der Waals surface area contributed by atoms with Crippen LogP contribution < -0.4 is 4.90 Å². The number of sulfone groups is 1. The van der Waals surface area contributed by atoms with Gasteiger partial charge in [0.2, 0.25) is 5.91 Å². The number of thioether (sulfide) groups is 1. The minimum absolute atomic E-state index is 0.0105. The Morgan fingerprint density at radius 1 is 1.07 bits per heavy atom. The molecule has 0 spiro atoms. The van der Waals surface area contributed by atoms with Gasteiger partial charge in [-0.15, -0.1) is 0 Å². The molecule has 0 unspecified atom stereocenters. The van der Waals surface area contributed by atoms with Gasteiger partial charge in [0.1, 0.15) is 0 Å². The Hall–Kier alpha value is -1.54. The van der Waals surface area contributed by atoms with Crippen molar-refractivity contribution in [3.05, 3.63) is 64.1 Å². The highest BCUT2D eigenvalue weighted by molar-refractivity contribution is 8.16. The number of halogens is 2. The maximum Gasteiger partial charge on any atom is 0.248 e. The van der Waals surface area contributed by atoms with Gasteiger partial charge in [-0.05, 0) is 24.1 Å². The van der Waals surface area contributed by atoms with Gasteiger partial charge in [-0.1, -0.05) is 71.4 Å². The van der Waals surface area contributed by atoms with Crippen molar-refractivity contribution >= 4 is 61.6 Å². The van der Waals surface area contributed by atoms with Crippen LogP contribution in [0.25, 0.3) is 0 Å². The van der Waals surface area contributed by atoms with Gasteiger partial charge in [-0.2, -0.15) is 4.99 Å². The first-order valence-corrected chi connectivity index (χ1v) is 12.6. The molecule has 1 amide bonds. The van der Waals surface area contributed by atoms with E-state index in [1.54, 1.807) is 23.1 Å². The monoisotopic (exact) mass is 468 g/mol. The fraction of sp³-hybridized carbons (Fsp3) is 0.300. The molecule has 2 aromatic rings. The smallest absolute Gasteiger partial charge is 0.248 e. The van der Waals surface area contributed by atoms with E-state index < -0.39 is 9.84 Å². The summed E-state index contributed by atoms with van der Waals surface area (Å²) in [5.41, 5.74) is 1.57. The molecule has 0 bridgehead atoms. The Kier molecular flexibility index (Phi) is 5.93. The molecule has 2 saturated heterocycles. The number of hydrogen-bond acceptors (Lipinski definition) is 4. The van der Waals surface area contributed by atoms with E-state index in [0.717, 1.165) is 5.56 Å². The molecule has 2 aliphatic rings. The van der Waals surface area contributed by atoms with Gasteiger partial charge in [-0.25, -0.2) is 8.42 Å². The second-order valence-electron chi connectivity index (χ2n) is 7.01. The minimum atomic E-state index is -3.16. The van der Waals surface area contributed by atoms with Crippen LogP contribution in [0.1, 0.15) is 12.0 Å². The summed E-state index contributed by atoms with van der Waals surface area (Å²) in [6.07, 6.45) is 0.862. The molecule has 2 aromatic carbocycles. The molecule has 0 aromatic heterocycles. The van der Waals surface area contributed by atoms with E-state index in [1.807, 2.05) is 30.3 Å². The number of carbonyl (C=O) groups excluding carboxylic acids is 1. The Balaban J connectivity index is 1.63. The van der Waals surface area contributed by atoms with Crippen molar-refractivity contribution in [2.24, 2.45) is 4.99 Å². The second kappa shape index (κ2) is 8.30. The molecular formula is C20H18Cl2N2O3S2. The zero-order chi connectivity index (χ0) is 20.6. The standard InChI is InChI=1S/C20H18Cl2N2O3S2/c21-14-7-4-8-15(22)19(14)24-16-11-29(26,27)12-17(16)28-20(24)23-18(25)10-9-13-5-2-1-3-6-13/h1-8,16-17H,9-12H2/t16-,17-/m1/s1. The Morgan fingerprint density at radius 3 is 2.45 bits per heavy atom. The molecule has 0 aliphatic carbocycles. The van der Waals surface area contributed by atoms with Gasteiger partial charge in [0.05, 0.1) is 33.3 Å². The van der Waals surface area contributed by atoms with Crippen LogP contribution in [-0.4, -0.2) is 42.3 Å². The van der Waals surface area contributed by atoms with Crippen LogP contribution in [0, 0.1) is 0 Å². The number of nitrogens with zero attached hydrogens (tertiary/aromatic N) is 2. The quantitative estimate of drug-likeness (QED) is 0.671. The van der Waals surface area contributed by atoms with E-state index in [1.165, 1.54) is 11.8 Å². The number of amides is 1. The van der Waals surface area contributed by atoms with E-state index in [4.69, 9.17) is 23.2 Å². The highest BCUT2D eigenvalue weighted by Gasteiger charge is 2.50. The molecule has 4 rings (SSSR count). The van der Waals surface area contributed by atoms with Crippen molar-refractivity contribution < 1.29 is 13.2 Å². The summed E-state index contributed by atoms with van der Waals surface area (Å²) in [5, 5.41) is 1.05. The fourth-order valence-electron chi connectivity index (χ4n) is 3.60. The number of fused-ring (bicyclic) bond motifs is 1. The third-order valence-electron chi connectivity index (χ3n) is 4.94. The third kappa shape index (κ3) is 4.48. The summed E-state index contributed by atoms with van der Waals surface area (Å²) < 4.78 is 24.3. The van der Waals surface area contributed by atoms with Crippen LogP contribution in [0.4, 0.5) is 5.69 Å². The summed E-state index contributed by atoms with van der Waals surface area (Å²) in [7, 11) is -3.16. The molecular weight excluding hydrogens is 451 g/mol. The van der Waals surface area contributed by atoms with Crippen molar-refractivity contribution in [3.63, 3.8) is 0 Å². The zero-order valence-corrected chi connectivity index (χ0v) is 18.4. The molecule has 0 radical (unpaired) electrons. The number of benzene rings is 2. The normalized spacial score (nSPS) is 24.1. The van der Waals surface area contributed by atoms with Crippen LogP contribution in [0.15, 0.2) is 53.5 Å². The lowest BCUT2D eigenvalue weighted by molar-refractivity contribution is -0.117. The molecule has 2 aliphatic heterocycles. The molecule has 0 saturated carbocycles. The maximum atomic E-state index is 12.6. The van der Waals surface area contributed by atoms with Crippen molar-refractivity contribution in [2.75, 3.05) is 16.4 Å². The van der Waals surface area contributed by atoms with Gasteiger partial charge in [0, 0.05) is 11.7 Å². The molecule has 2 fully saturated rings. The number of carbonyl (C=O) groups is 1. The number of anilines is 1. The number of aryl methyl sites for hydroxylation is 1.